The number of aromatic nitrogens is 7. The van der Waals surface area contributed by atoms with Gasteiger partial charge in [0.1, 0.15) is 5.82 Å². The number of benzene rings is 2. The second-order valence-electron chi connectivity index (χ2n) is 6.36. The Kier molecular flexibility index (Phi) is 5.49. The summed E-state index contributed by atoms with van der Waals surface area (Å²) in [6, 6.07) is 16.3. The maximum absolute atomic E-state index is 5.39. The van der Waals surface area contributed by atoms with Gasteiger partial charge in [0.25, 0.3) is 0 Å². The van der Waals surface area contributed by atoms with Crippen LogP contribution in [-0.4, -0.2) is 40.8 Å². The van der Waals surface area contributed by atoms with E-state index in [9.17, 15) is 0 Å². The smallest absolute Gasteiger partial charge is 0.184 e. The number of rotatable bonds is 7. The zero-order valence-corrected chi connectivity index (χ0v) is 16.3. The van der Waals surface area contributed by atoms with Crippen molar-refractivity contribution in [3.05, 3.63) is 65.7 Å². The Morgan fingerprint density at radius 1 is 1.10 bits per heavy atom. The maximum Gasteiger partial charge on any atom is 0.184 e. The van der Waals surface area contributed by atoms with Gasteiger partial charge in [-0.2, -0.15) is 5.10 Å². The summed E-state index contributed by atoms with van der Waals surface area (Å²) in [6.45, 7) is 0.601. The van der Waals surface area contributed by atoms with Crippen molar-refractivity contribution in [1.29, 1.82) is 0 Å². The molecule has 0 unspecified atom stereocenters. The summed E-state index contributed by atoms with van der Waals surface area (Å²) >= 11 is 4.97. The van der Waals surface area contributed by atoms with Gasteiger partial charge in [0.15, 0.2) is 11.6 Å². The Labute approximate surface area is 173 Å². The number of hydrogen-bond acceptors (Lipinski definition) is 6. The van der Waals surface area contributed by atoms with Crippen molar-refractivity contribution < 1.29 is 0 Å². The summed E-state index contributed by atoms with van der Waals surface area (Å²) in [7, 11) is 0. The lowest BCUT2D eigenvalue weighted by atomic mass is 9.98. The van der Waals surface area contributed by atoms with Gasteiger partial charge >= 0.3 is 0 Å². The molecule has 0 aliphatic carbocycles. The van der Waals surface area contributed by atoms with Crippen LogP contribution in [0, 0.1) is 12.3 Å². The fourth-order valence-corrected chi connectivity index (χ4v) is 3.22. The first-order valence-corrected chi connectivity index (χ1v) is 9.50. The van der Waals surface area contributed by atoms with Crippen LogP contribution in [0.15, 0.2) is 48.5 Å². The molecule has 0 amide bonds. The molecule has 0 aliphatic rings. The highest BCUT2D eigenvalue weighted by atomic mass is 32.1. The van der Waals surface area contributed by atoms with Gasteiger partial charge in [-0.1, -0.05) is 60.7 Å². The number of nitrogens with one attached hydrogen (secondary N) is 1. The molecular weight excluding hydrogens is 382 g/mol. The molecular formula is C21H17N7S. The zero-order chi connectivity index (χ0) is 20.1. The Bertz CT molecular complexity index is 1150. The lowest BCUT2D eigenvalue weighted by molar-refractivity contribution is 0.636. The summed E-state index contributed by atoms with van der Waals surface area (Å²) in [5.74, 6) is 4.66. The Balaban J connectivity index is 1.60. The van der Waals surface area contributed by atoms with Crippen LogP contribution in [0.1, 0.15) is 23.6 Å². The van der Waals surface area contributed by atoms with Crippen LogP contribution in [-0.2, 0) is 13.0 Å². The standard InChI is InChI=1S/C21H17N7S/c1-2-3-8-20-22-19(14-29)25-28(20)13-15-9-11-16(12-10-15)17-6-4-5-7-18(17)21-23-26-27-24-21/h1,4-7,9-12,14H,3,8,13H2,(H,23,24,26,27). The van der Waals surface area contributed by atoms with E-state index in [2.05, 4.69) is 60.9 Å². The van der Waals surface area contributed by atoms with E-state index in [0.717, 1.165) is 28.1 Å². The van der Waals surface area contributed by atoms with Crippen LogP contribution in [0.3, 0.4) is 0 Å². The minimum absolute atomic E-state index is 0.540. The van der Waals surface area contributed by atoms with Gasteiger partial charge in [-0.15, -0.1) is 17.4 Å². The second-order valence-corrected chi connectivity index (χ2v) is 6.59. The molecule has 0 spiro atoms. The normalized spacial score (nSPS) is 10.6. The molecule has 0 bridgehead atoms. The summed E-state index contributed by atoms with van der Waals surface area (Å²) < 4.78 is 1.86. The van der Waals surface area contributed by atoms with Crippen molar-refractivity contribution in [3.8, 4) is 34.9 Å². The van der Waals surface area contributed by atoms with Crippen LogP contribution < -0.4 is 0 Å². The predicted octanol–water partition coefficient (Wildman–Crippen LogP) is 3.09. The highest BCUT2D eigenvalue weighted by Crippen LogP contribution is 2.29. The average molecular weight is 399 g/mol. The molecule has 8 heteroatoms. The zero-order valence-electron chi connectivity index (χ0n) is 15.5. The molecule has 0 saturated carbocycles. The number of thiocarbonyl (C=S) groups is 1. The first-order valence-electron chi connectivity index (χ1n) is 9.03. The van der Waals surface area contributed by atoms with Gasteiger partial charge in [0.2, 0.25) is 0 Å². The number of aryl methyl sites for hydroxylation is 1. The SMILES string of the molecule is C#CCCc1nc(C=S)nn1Cc1ccc(-c2ccccc2-c2nnn[nH]2)cc1. The van der Waals surface area contributed by atoms with Gasteiger partial charge in [0, 0.05) is 23.8 Å². The van der Waals surface area contributed by atoms with Crippen LogP contribution in [0.5, 0.6) is 0 Å². The molecule has 0 saturated heterocycles. The minimum atomic E-state index is 0.540. The number of terminal acetylenes is 1. The molecule has 7 nitrogen and oxygen atoms in total. The minimum Gasteiger partial charge on any atom is -0.245 e. The average Bonchev–Trinajstić information content (AvgIpc) is 3.43. The first kappa shape index (κ1) is 18.7. The predicted molar refractivity (Wildman–Crippen MR) is 114 cm³/mol. The van der Waals surface area contributed by atoms with E-state index in [1.807, 2.05) is 28.9 Å². The molecule has 2 heterocycles. The lowest BCUT2D eigenvalue weighted by Gasteiger charge is -2.09. The molecule has 0 radical (unpaired) electrons. The topological polar surface area (TPSA) is 85.2 Å². The highest BCUT2D eigenvalue weighted by molar-refractivity contribution is 7.79. The molecule has 0 fully saturated rings. The third-order valence-corrected chi connectivity index (χ3v) is 4.70. The van der Waals surface area contributed by atoms with Crippen molar-refractivity contribution in [3.63, 3.8) is 0 Å². The quantitative estimate of drug-likeness (QED) is 0.380. The van der Waals surface area contributed by atoms with Crippen molar-refractivity contribution in [2.45, 2.75) is 19.4 Å². The highest BCUT2D eigenvalue weighted by Gasteiger charge is 2.11. The summed E-state index contributed by atoms with van der Waals surface area (Å²) in [4.78, 5) is 4.44. The van der Waals surface area contributed by atoms with E-state index in [4.69, 9.17) is 18.6 Å². The van der Waals surface area contributed by atoms with Gasteiger partial charge in [-0.05, 0) is 27.1 Å². The molecule has 142 valence electrons. The number of aromatic amines is 1. The third-order valence-electron chi connectivity index (χ3n) is 4.49. The molecule has 2 aromatic heterocycles. The van der Waals surface area contributed by atoms with Gasteiger partial charge < -0.3 is 0 Å². The van der Waals surface area contributed by atoms with Gasteiger partial charge in [0.05, 0.1) is 6.54 Å². The monoisotopic (exact) mass is 399 g/mol. The van der Waals surface area contributed by atoms with Gasteiger partial charge in [-0.25, -0.2) is 14.8 Å². The number of tetrazole rings is 1. The second kappa shape index (κ2) is 8.54. The van der Waals surface area contributed by atoms with Crippen molar-refractivity contribution in [2.24, 2.45) is 0 Å². The number of hydrogen-bond donors (Lipinski definition) is 1. The van der Waals surface area contributed by atoms with Gasteiger partial charge in [-0.3, -0.25) is 0 Å². The fourth-order valence-electron chi connectivity index (χ4n) is 3.12. The van der Waals surface area contributed by atoms with E-state index in [1.165, 1.54) is 5.37 Å². The van der Waals surface area contributed by atoms with E-state index in [0.29, 0.717) is 31.0 Å². The Morgan fingerprint density at radius 2 is 1.90 bits per heavy atom. The Morgan fingerprint density at radius 3 is 2.59 bits per heavy atom. The van der Waals surface area contributed by atoms with Crippen LogP contribution in [0.25, 0.3) is 22.5 Å². The van der Waals surface area contributed by atoms with E-state index < -0.39 is 0 Å². The molecule has 29 heavy (non-hydrogen) atoms. The van der Waals surface area contributed by atoms with Crippen molar-refractivity contribution in [2.75, 3.05) is 0 Å². The van der Waals surface area contributed by atoms with Crippen molar-refractivity contribution in [1.82, 2.24) is 35.4 Å². The maximum atomic E-state index is 5.39. The Hall–Kier alpha value is -3.70. The van der Waals surface area contributed by atoms with E-state index in [-0.39, 0.29) is 0 Å². The molecule has 2 aromatic carbocycles. The summed E-state index contributed by atoms with van der Waals surface area (Å²) in [6.07, 6.45) is 6.67. The van der Waals surface area contributed by atoms with E-state index in [1.54, 1.807) is 0 Å². The third kappa shape index (κ3) is 4.10. The molecule has 1 N–H and O–H groups in total. The number of H-pyrrole nitrogens is 1. The largest absolute Gasteiger partial charge is 0.245 e. The first-order chi connectivity index (χ1) is 14.3. The number of nitrogens with zero attached hydrogens (tertiary/aromatic N) is 6. The molecule has 4 aromatic rings. The van der Waals surface area contributed by atoms with Crippen LogP contribution >= 0.6 is 12.2 Å². The van der Waals surface area contributed by atoms with E-state index >= 15 is 0 Å². The fraction of sp³-hybridized carbons (Fsp3) is 0.143. The van der Waals surface area contributed by atoms with Crippen LogP contribution in [0.2, 0.25) is 0 Å². The summed E-state index contributed by atoms with van der Waals surface area (Å²) in [5.41, 5.74) is 4.18. The molecule has 4 rings (SSSR count). The summed E-state index contributed by atoms with van der Waals surface area (Å²) in [5, 5.41) is 20.1. The lowest BCUT2D eigenvalue weighted by Crippen LogP contribution is -2.07. The van der Waals surface area contributed by atoms with Crippen molar-refractivity contribution >= 4 is 17.6 Å². The molecule has 0 aliphatic heterocycles. The van der Waals surface area contributed by atoms with Crippen LogP contribution in [0.4, 0.5) is 0 Å². The molecule has 0 atom stereocenters.